The van der Waals surface area contributed by atoms with Gasteiger partial charge in [-0.15, -0.1) is 0 Å². The van der Waals surface area contributed by atoms with E-state index in [2.05, 4.69) is 72.2 Å². The van der Waals surface area contributed by atoms with Crippen LogP contribution < -0.4 is 9.80 Å². The average Bonchev–Trinajstić information content (AvgIpc) is 2.74. The quantitative estimate of drug-likeness (QED) is 0.771. The van der Waals surface area contributed by atoms with Gasteiger partial charge in [0.1, 0.15) is 0 Å². The lowest BCUT2D eigenvalue weighted by molar-refractivity contribution is 0.0530. The van der Waals surface area contributed by atoms with E-state index in [0.717, 1.165) is 26.2 Å². The second-order valence-electron chi connectivity index (χ2n) is 7.48. The van der Waals surface area contributed by atoms with Crippen molar-refractivity contribution < 1.29 is 14.2 Å². The zero-order chi connectivity index (χ0) is 20.3. The van der Waals surface area contributed by atoms with E-state index in [1.807, 2.05) is 0 Å². The Morgan fingerprint density at radius 1 is 0.483 bits per heavy atom. The third-order valence-corrected chi connectivity index (χ3v) is 5.19. The maximum absolute atomic E-state index is 6.00. The third-order valence-electron chi connectivity index (χ3n) is 5.19. The Balaban J connectivity index is 1.59. The summed E-state index contributed by atoms with van der Waals surface area (Å²) in [5.41, 5.74) is 4.97. The van der Waals surface area contributed by atoms with E-state index in [0.29, 0.717) is 39.6 Å². The van der Waals surface area contributed by atoms with Crippen LogP contribution >= 0.6 is 0 Å². The number of hydrogen-bond acceptors (Lipinski definition) is 5. The van der Waals surface area contributed by atoms with E-state index >= 15 is 0 Å². The molecule has 158 valence electrons. The fraction of sp³-hybridized carbons (Fsp3) is 0.500. The van der Waals surface area contributed by atoms with Crippen LogP contribution in [0.2, 0.25) is 0 Å². The van der Waals surface area contributed by atoms with Gasteiger partial charge in [-0.3, -0.25) is 0 Å². The van der Waals surface area contributed by atoms with E-state index in [1.54, 1.807) is 0 Å². The van der Waals surface area contributed by atoms with E-state index in [4.69, 9.17) is 14.2 Å². The fourth-order valence-electron chi connectivity index (χ4n) is 3.37. The summed E-state index contributed by atoms with van der Waals surface area (Å²) in [5, 5.41) is 0. The summed E-state index contributed by atoms with van der Waals surface area (Å²) in [6.07, 6.45) is 0. The Kier molecular flexibility index (Phi) is 8.81. The molecule has 3 rings (SSSR count). The maximum atomic E-state index is 6.00. The first kappa shape index (κ1) is 21.6. The molecule has 5 nitrogen and oxygen atoms in total. The van der Waals surface area contributed by atoms with E-state index in [-0.39, 0.29) is 0 Å². The molecule has 1 saturated heterocycles. The minimum absolute atomic E-state index is 0.628. The molecule has 1 heterocycles. The number of aryl methyl sites for hydroxylation is 2. The zero-order valence-corrected chi connectivity index (χ0v) is 17.8. The van der Waals surface area contributed by atoms with Gasteiger partial charge in [-0.2, -0.15) is 0 Å². The number of hydrogen-bond donors (Lipinski definition) is 0. The molecule has 0 radical (unpaired) electrons. The van der Waals surface area contributed by atoms with Crippen molar-refractivity contribution in [3.05, 3.63) is 59.7 Å². The molecular formula is C24H34N2O3. The highest BCUT2D eigenvalue weighted by Crippen LogP contribution is 2.16. The summed E-state index contributed by atoms with van der Waals surface area (Å²) >= 11 is 0. The smallest absolute Gasteiger partial charge is 0.0701 e. The fourth-order valence-corrected chi connectivity index (χ4v) is 3.37. The third kappa shape index (κ3) is 7.35. The molecule has 0 unspecified atom stereocenters. The molecule has 0 spiro atoms. The Morgan fingerprint density at radius 3 is 1.14 bits per heavy atom. The molecule has 0 N–H and O–H groups in total. The van der Waals surface area contributed by atoms with Gasteiger partial charge in [-0.25, -0.2) is 0 Å². The lowest BCUT2D eigenvalue weighted by Gasteiger charge is -2.26. The van der Waals surface area contributed by atoms with Crippen molar-refractivity contribution in [1.82, 2.24) is 0 Å². The molecule has 0 amide bonds. The lowest BCUT2D eigenvalue weighted by atomic mass is 10.2. The maximum Gasteiger partial charge on any atom is 0.0701 e. The number of anilines is 2. The van der Waals surface area contributed by atoms with Crippen LogP contribution in [0.3, 0.4) is 0 Å². The molecule has 0 aromatic heterocycles. The SMILES string of the molecule is Cc1ccc(N2CCOCCOCCN(c3ccc(C)cc3)CCOCC2)cc1. The molecule has 0 saturated carbocycles. The highest BCUT2D eigenvalue weighted by molar-refractivity contribution is 5.48. The van der Waals surface area contributed by atoms with Crippen LogP contribution in [-0.4, -0.2) is 65.8 Å². The highest BCUT2D eigenvalue weighted by atomic mass is 16.5. The summed E-state index contributed by atoms with van der Waals surface area (Å²) < 4.78 is 17.6. The van der Waals surface area contributed by atoms with Crippen molar-refractivity contribution in [2.45, 2.75) is 13.8 Å². The van der Waals surface area contributed by atoms with Crippen molar-refractivity contribution in [3.63, 3.8) is 0 Å². The number of benzene rings is 2. The van der Waals surface area contributed by atoms with Gasteiger partial charge in [-0.05, 0) is 38.1 Å². The highest BCUT2D eigenvalue weighted by Gasteiger charge is 2.10. The summed E-state index contributed by atoms with van der Waals surface area (Å²) in [6, 6.07) is 17.3. The second-order valence-corrected chi connectivity index (χ2v) is 7.48. The Morgan fingerprint density at radius 2 is 0.793 bits per heavy atom. The Bertz CT molecular complexity index is 642. The van der Waals surface area contributed by atoms with E-state index < -0.39 is 0 Å². The van der Waals surface area contributed by atoms with Gasteiger partial charge in [0.05, 0.1) is 39.6 Å². The normalized spacial score (nSPS) is 18.1. The average molecular weight is 399 g/mol. The second kappa shape index (κ2) is 11.8. The van der Waals surface area contributed by atoms with Crippen LogP contribution in [0.1, 0.15) is 11.1 Å². The van der Waals surface area contributed by atoms with Gasteiger partial charge in [0.25, 0.3) is 0 Å². The van der Waals surface area contributed by atoms with Crippen molar-refractivity contribution in [2.75, 3.05) is 75.6 Å². The van der Waals surface area contributed by atoms with Crippen LogP contribution in [0.5, 0.6) is 0 Å². The van der Waals surface area contributed by atoms with Gasteiger partial charge < -0.3 is 24.0 Å². The molecule has 1 fully saturated rings. The molecule has 2 aromatic carbocycles. The van der Waals surface area contributed by atoms with E-state index in [1.165, 1.54) is 22.5 Å². The zero-order valence-electron chi connectivity index (χ0n) is 17.8. The summed E-state index contributed by atoms with van der Waals surface area (Å²) in [6.45, 7) is 11.7. The Labute approximate surface area is 175 Å². The predicted octanol–water partition coefficient (Wildman–Crippen LogP) is 3.68. The lowest BCUT2D eigenvalue weighted by Crippen LogP contribution is -2.33. The van der Waals surface area contributed by atoms with Gasteiger partial charge in [-0.1, -0.05) is 35.4 Å². The molecule has 5 heteroatoms. The van der Waals surface area contributed by atoms with Crippen molar-refractivity contribution >= 4 is 11.4 Å². The van der Waals surface area contributed by atoms with Crippen LogP contribution in [0.15, 0.2) is 48.5 Å². The standard InChI is InChI=1S/C24H34N2O3/c1-21-3-7-23(8-4-21)25-11-15-27-16-12-26(24-9-5-22(2)6-10-24)14-18-29-20-19-28-17-13-25/h3-10H,11-20H2,1-2H3. The summed E-state index contributed by atoms with van der Waals surface area (Å²) in [5.74, 6) is 0. The first-order valence-corrected chi connectivity index (χ1v) is 10.6. The summed E-state index contributed by atoms with van der Waals surface area (Å²) in [7, 11) is 0. The van der Waals surface area contributed by atoms with Gasteiger partial charge in [0, 0.05) is 37.6 Å². The van der Waals surface area contributed by atoms with Crippen molar-refractivity contribution in [1.29, 1.82) is 0 Å². The van der Waals surface area contributed by atoms with Crippen LogP contribution in [-0.2, 0) is 14.2 Å². The van der Waals surface area contributed by atoms with Gasteiger partial charge in [0.2, 0.25) is 0 Å². The molecule has 2 aromatic rings. The minimum atomic E-state index is 0.628. The number of ether oxygens (including phenoxy) is 3. The number of rotatable bonds is 2. The van der Waals surface area contributed by atoms with Crippen molar-refractivity contribution in [2.24, 2.45) is 0 Å². The van der Waals surface area contributed by atoms with Gasteiger partial charge >= 0.3 is 0 Å². The largest absolute Gasteiger partial charge is 0.378 e. The molecule has 0 bridgehead atoms. The first-order chi connectivity index (χ1) is 14.2. The Hall–Kier alpha value is -2.08. The summed E-state index contributed by atoms with van der Waals surface area (Å²) in [4.78, 5) is 4.66. The minimum Gasteiger partial charge on any atom is -0.378 e. The topological polar surface area (TPSA) is 34.2 Å². The molecule has 0 atom stereocenters. The molecule has 29 heavy (non-hydrogen) atoms. The first-order valence-electron chi connectivity index (χ1n) is 10.6. The number of nitrogens with zero attached hydrogens (tertiary/aromatic N) is 2. The van der Waals surface area contributed by atoms with Crippen LogP contribution in [0.4, 0.5) is 11.4 Å². The molecule has 1 aliphatic heterocycles. The van der Waals surface area contributed by atoms with Crippen LogP contribution in [0.25, 0.3) is 0 Å². The molecule has 0 aliphatic carbocycles. The monoisotopic (exact) mass is 398 g/mol. The van der Waals surface area contributed by atoms with Crippen molar-refractivity contribution in [3.8, 4) is 0 Å². The van der Waals surface area contributed by atoms with Gasteiger partial charge in [0.15, 0.2) is 0 Å². The molecule has 1 aliphatic rings. The van der Waals surface area contributed by atoms with Crippen LogP contribution in [0, 0.1) is 13.8 Å². The molecular weight excluding hydrogens is 364 g/mol. The van der Waals surface area contributed by atoms with E-state index in [9.17, 15) is 0 Å². The predicted molar refractivity (Wildman–Crippen MR) is 119 cm³/mol.